The van der Waals surface area contributed by atoms with Crippen molar-refractivity contribution in [1.82, 2.24) is 20.2 Å². The zero-order chi connectivity index (χ0) is 27.4. The number of halogens is 4. The first-order chi connectivity index (χ1) is 18.9. The van der Waals surface area contributed by atoms with Crippen LogP contribution in [-0.2, 0) is 12.8 Å². The summed E-state index contributed by atoms with van der Waals surface area (Å²) in [5, 5.41) is 6.56. The van der Waals surface area contributed by atoms with E-state index in [1.54, 1.807) is 7.11 Å². The van der Waals surface area contributed by atoms with E-state index in [9.17, 15) is 17.6 Å². The van der Waals surface area contributed by atoms with Gasteiger partial charge in [0.15, 0.2) is 23.3 Å². The van der Waals surface area contributed by atoms with Crippen LogP contribution in [0.5, 0.6) is 5.75 Å². The highest BCUT2D eigenvalue weighted by Crippen LogP contribution is 2.34. The third-order valence-corrected chi connectivity index (χ3v) is 7.48. The maximum absolute atomic E-state index is 13.9. The lowest BCUT2D eigenvalue weighted by Gasteiger charge is -2.41. The van der Waals surface area contributed by atoms with Gasteiger partial charge in [0.05, 0.1) is 12.8 Å². The van der Waals surface area contributed by atoms with E-state index in [0.717, 1.165) is 69.2 Å². The highest BCUT2D eigenvalue weighted by Gasteiger charge is 2.27. The van der Waals surface area contributed by atoms with Crippen LogP contribution in [0, 0.1) is 23.3 Å². The van der Waals surface area contributed by atoms with Crippen LogP contribution in [0.1, 0.15) is 24.0 Å². The fraction of sp³-hybridized carbons (Fsp3) is 0.429. The van der Waals surface area contributed by atoms with E-state index in [4.69, 9.17) is 4.74 Å². The fourth-order valence-corrected chi connectivity index (χ4v) is 5.32. The van der Waals surface area contributed by atoms with Gasteiger partial charge in [0.2, 0.25) is 5.95 Å². The van der Waals surface area contributed by atoms with Crippen molar-refractivity contribution < 1.29 is 22.3 Å². The van der Waals surface area contributed by atoms with E-state index in [0.29, 0.717) is 17.6 Å². The smallest absolute Gasteiger partial charge is 0.227 e. The Morgan fingerprint density at radius 3 is 2.23 bits per heavy atom. The maximum Gasteiger partial charge on any atom is 0.227 e. The molecular formula is C28H32F4N6O. The van der Waals surface area contributed by atoms with Crippen molar-refractivity contribution in [3.05, 3.63) is 71.1 Å². The Kier molecular flexibility index (Phi) is 8.47. The molecule has 0 bridgehead atoms. The van der Waals surface area contributed by atoms with Gasteiger partial charge in [-0.15, -0.1) is 0 Å². The van der Waals surface area contributed by atoms with Gasteiger partial charge in [-0.1, -0.05) is 0 Å². The largest absolute Gasteiger partial charge is 0.495 e. The van der Waals surface area contributed by atoms with Gasteiger partial charge in [-0.3, -0.25) is 4.90 Å². The molecule has 39 heavy (non-hydrogen) atoms. The molecule has 0 unspecified atom stereocenters. The fourth-order valence-electron chi connectivity index (χ4n) is 5.32. The molecule has 0 aliphatic carbocycles. The molecule has 2 fully saturated rings. The Bertz CT molecular complexity index is 1250. The molecule has 0 saturated carbocycles. The molecule has 2 N–H and O–H groups in total. The van der Waals surface area contributed by atoms with Crippen LogP contribution in [0.2, 0.25) is 0 Å². The van der Waals surface area contributed by atoms with Crippen molar-refractivity contribution in [3.63, 3.8) is 0 Å². The van der Waals surface area contributed by atoms with E-state index < -0.39 is 28.8 Å². The monoisotopic (exact) mass is 544 g/mol. The molecule has 0 radical (unpaired) electrons. The predicted molar refractivity (Wildman–Crippen MR) is 142 cm³/mol. The summed E-state index contributed by atoms with van der Waals surface area (Å²) in [4.78, 5) is 13.5. The molecule has 3 heterocycles. The summed E-state index contributed by atoms with van der Waals surface area (Å²) in [5.74, 6) is -4.51. The summed E-state index contributed by atoms with van der Waals surface area (Å²) in [6, 6.07) is 6.71. The predicted octanol–water partition coefficient (Wildman–Crippen LogP) is 4.44. The van der Waals surface area contributed by atoms with Gasteiger partial charge < -0.3 is 20.3 Å². The van der Waals surface area contributed by atoms with Crippen molar-refractivity contribution in [1.29, 1.82) is 0 Å². The lowest BCUT2D eigenvalue weighted by molar-refractivity contribution is 0.150. The molecule has 2 saturated heterocycles. The molecule has 11 heteroatoms. The molecule has 7 nitrogen and oxygen atoms in total. The molecule has 0 spiro atoms. The Hall–Kier alpha value is -3.44. The molecule has 3 aromatic rings. The second kappa shape index (κ2) is 12.2. The zero-order valence-electron chi connectivity index (χ0n) is 21.8. The number of aromatic nitrogens is 2. The number of methoxy groups -OCH3 is 1. The van der Waals surface area contributed by atoms with Gasteiger partial charge in [0.25, 0.3) is 0 Å². The Morgan fingerprint density at radius 2 is 1.59 bits per heavy atom. The quantitative estimate of drug-likeness (QED) is 0.321. The second-order valence-corrected chi connectivity index (χ2v) is 9.88. The third kappa shape index (κ3) is 6.25. The van der Waals surface area contributed by atoms with Crippen LogP contribution in [0.3, 0.4) is 0 Å². The first kappa shape index (κ1) is 27.1. The van der Waals surface area contributed by atoms with Gasteiger partial charge in [-0.05, 0) is 43.4 Å². The van der Waals surface area contributed by atoms with Crippen molar-refractivity contribution >= 4 is 17.3 Å². The Labute approximate surface area is 225 Å². The topological polar surface area (TPSA) is 65.5 Å². The average molecular weight is 545 g/mol. The zero-order valence-corrected chi connectivity index (χ0v) is 21.8. The summed E-state index contributed by atoms with van der Waals surface area (Å²) >= 11 is 0. The molecular weight excluding hydrogens is 512 g/mol. The molecule has 2 aromatic carbocycles. The minimum absolute atomic E-state index is 0.116. The SMILES string of the molecule is COc1cc(Nc2ncc(CCc3c(F)c(F)cc(F)c3F)cn2)ccc1N1CCC(N2CCNCC2)CC1. The molecule has 0 amide bonds. The van der Waals surface area contributed by atoms with E-state index in [1.165, 1.54) is 12.4 Å². The highest BCUT2D eigenvalue weighted by atomic mass is 19.2. The maximum atomic E-state index is 13.9. The Balaban J connectivity index is 1.18. The van der Waals surface area contributed by atoms with Crippen LogP contribution >= 0.6 is 0 Å². The van der Waals surface area contributed by atoms with Crippen molar-refractivity contribution in [2.75, 3.05) is 56.6 Å². The number of nitrogens with one attached hydrogen (secondary N) is 2. The van der Waals surface area contributed by atoms with Crippen molar-refractivity contribution in [2.24, 2.45) is 0 Å². The van der Waals surface area contributed by atoms with E-state index in [2.05, 4.69) is 30.4 Å². The number of ether oxygens (including phenoxy) is 1. The first-order valence-electron chi connectivity index (χ1n) is 13.2. The Morgan fingerprint density at radius 1 is 0.923 bits per heavy atom. The van der Waals surface area contributed by atoms with E-state index >= 15 is 0 Å². The number of aryl methyl sites for hydroxylation is 1. The molecule has 0 atom stereocenters. The van der Waals surface area contributed by atoms with Crippen molar-refractivity contribution in [2.45, 2.75) is 31.7 Å². The normalized spacial score (nSPS) is 16.9. The molecule has 5 rings (SSSR count). The standard InChI is InChI=1S/C28H32F4N6O/c1-39-25-14-19(3-5-24(25)38-10-6-20(7-11-38)37-12-8-33-9-13-37)36-28-34-16-18(17-35-28)2-4-21-26(31)22(29)15-23(30)27(21)32/h3,5,14-17,20,33H,2,4,6-13H2,1H3,(H,34,35,36). The average Bonchev–Trinajstić information content (AvgIpc) is 2.97. The van der Waals surface area contributed by atoms with Gasteiger partial charge in [0.1, 0.15) is 5.75 Å². The van der Waals surface area contributed by atoms with Gasteiger partial charge in [-0.2, -0.15) is 0 Å². The molecule has 2 aliphatic heterocycles. The van der Waals surface area contributed by atoms with Gasteiger partial charge in [0, 0.05) is 81.1 Å². The number of anilines is 3. The summed E-state index contributed by atoms with van der Waals surface area (Å²) in [7, 11) is 1.65. The number of nitrogens with zero attached hydrogens (tertiary/aromatic N) is 4. The summed E-state index contributed by atoms with van der Waals surface area (Å²) in [6.07, 6.45) is 5.15. The lowest BCUT2D eigenvalue weighted by Crippen LogP contribution is -2.52. The number of rotatable bonds is 8. The third-order valence-electron chi connectivity index (χ3n) is 7.48. The van der Waals surface area contributed by atoms with Crippen LogP contribution in [0.4, 0.5) is 34.9 Å². The highest BCUT2D eigenvalue weighted by molar-refractivity contribution is 5.67. The number of hydrogen-bond donors (Lipinski definition) is 2. The van der Waals surface area contributed by atoms with Gasteiger partial charge >= 0.3 is 0 Å². The van der Waals surface area contributed by atoms with E-state index in [1.807, 2.05) is 18.2 Å². The van der Waals surface area contributed by atoms with Gasteiger partial charge in [-0.25, -0.2) is 27.5 Å². The molecule has 208 valence electrons. The number of benzene rings is 2. The van der Waals surface area contributed by atoms with E-state index in [-0.39, 0.29) is 18.9 Å². The summed E-state index contributed by atoms with van der Waals surface area (Å²) in [5.41, 5.74) is 1.74. The van der Waals surface area contributed by atoms with Crippen LogP contribution < -0.4 is 20.3 Å². The van der Waals surface area contributed by atoms with Crippen LogP contribution in [0.15, 0.2) is 36.7 Å². The lowest BCUT2D eigenvalue weighted by atomic mass is 10.0. The molecule has 2 aliphatic rings. The first-order valence-corrected chi connectivity index (χ1v) is 13.2. The second-order valence-electron chi connectivity index (χ2n) is 9.88. The summed E-state index contributed by atoms with van der Waals surface area (Å²) < 4.78 is 60.4. The summed E-state index contributed by atoms with van der Waals surface area (Å²) in [6.45, 7) is 6.29. The number of hydrogen-bond acceptors (Lipinski definition) is 7. The van der Waals surface area contributed by atoms with Crippen molar-refractivity contribution in [3.8, 4) is 5.75 Å². The van der Waals surface area contributed by atoms with Crippen LogP contribution in [-0.4, -0.2) is 67.3 Å². The minimum atomic E-state index is -1.42. The minimum Gasteiger partial charge on any atom is -0.495 e. The molecule has 1 aromatic heterocycles. The van der Waals surface area contributed by atoms with Crippen LogP contribution in [0.25, 0.3) is 0 Å². The number of piperazine rings is 1. The number of piperidine rings is 1.